The molecule has 1 unspecified atom stereocenters. The van der Waals surface area contributed by atoms with Crippen LogP contribution in [0.15, 0.2) is 66.2 Å². The summed E-state index contributed by atoms with van der Waals surface area (Å²) in [5.74, 6) is -0.270. The van der Waals surface area contributed by atoms with Crippen LogP contribution in [0.5, 0.6) is 0 Å². The third kappa shape index (κ3) is 4.94. The molecule has 0 saturated carbocycles. The summed E-state index contributed by atoms with van der Waals surface area (Å²) < 4.78 is 15.5. The SMILES string of the molecule is CC(c1ccccc1)N(C)C(=O)Cc1csc(-c2cnn(C(C)(C)C)c2-c2ccc(F)cc2)n1. The van der Waals surface area contributed by atoms with Crippen LogP contribution in [0, 0.1) is 5.82 Å². The van der Waals surface area contributed by atoms with E-state index < -0.39 is 0 Å². The summed E-state index contributed by atoms with van der Waals surface area (Å²) >= 11 is 1.49. The average Bonchev–Trinajstić information content (AvgIpc) is 3.46. The number of likely N-dealkylation sites (N-methyl/N-ethyl adjacent to an activating group) is 1. The van der Waals surface area contributed by atoms with E-state index in [1.165, 1.54) is 23.5 Å². The molecular weight excluding hydrogens is 447 g/mol. The maximum atomic E-state index is 13.6. The molecule has 0 radical (unpaired) electrons. The molecule has 0 bridgehead atoms. The minimum Gasteiger partial charge on any atom is -0.339 e. The van der Waals surface area contributed by atoms with Crippen LogP contribution in [0.1, 0.15) is 45.0 Å². The van der Waals surface area contributed by atoms with Gasteiger partial charge < -0.3 is 4.90 Å². The third-order valence-corrected chi connectivity index (χ3v) is 6.82. The number of nitrogens with zero attached hydrogens (tertiary/aromatic N) is 4. The standard InChI is InChI=1S/C27H29FN4OS/c1-18(19-9-7-6-8-10-19)31(5)24(33)15-22-17-34-26(30-22)23-16-29-32(27(2,3)4)25(23)20-11-13-21(28)14-12-20/h6-14,16-18H,15H2,1-5H3. The van der Waals surface area contributed by atoms with Gasteiger partial charge in [0, 0.05) is 18.0 Å². The predicted octanol–water partition coefficient (Wildman–Crippen LogP) is 6.33. The monoisotopic (exact) mass is 476 g/mol. The van der Waals surface area contributed by atoms with Crippen molar-refractivity contribution in [3.8, 4) is 21.8 Å². The number of halogens is 1. The van der Waals surface area contributed by atoms with E-state index >= 15 is 0 Å². The molecule has 0 aliphatic rings. The van der Waals surface area contributed by atoms with E-state index in [1.807, 2.05) is 54.4 Å². The molecule has 0 aliphatic heterocycles. The van der Waals surface area contributed by atoms with Gasteiger partial charge in [-0.25, -0.2) is 9.37 Å². The molecule has 1 amide bonds. The Balaban J connectivity index is 1.60. The summed E-state index contributed by atoms with van der Waals surface area (Å²) in [5.41, 5.74) is 4.18. The van der Waals surface area contributed by atoms with Crippen molar-refractivity contribution in [2.75, 3.05) is 7.05 Å². The van der Waals surface area contributed by atoms with Crippen LogP contribution >= 0.6 is 11.3 Å². The Morgan fingerprint density at radius 2 is 1.79 bits per heavy atom. The number of hydrogen-bond donors (Lipinski definition) is 0. The first-order chi connectivity index (χ1) is 16.1. The number of benzene rings is 2. The molecule has 176 valence electrons. The van der Waals surface area contributed by atoms with Gasteiger partial charge in [-0.3, -0.25) is 9.48 Å². The first-order valence-corrected chi connectivity index (χ1v) is 12.1. The molecule has 4 aromatic rings. The molecule has 2 heterocycles. The summed E-state index contributed by atoms with van der Waals surface area (Å²) in [6.07, 6.45) is 2.03. The molecule has 0 N–H and O–H groups in total. The maximum absolute atomic E-state index is 13.6. The summed E-state index contributed by atoms with van der Waals surface area (Å²) in [5, 5.41) is 7.35. The first kappa shape index (κ1) is 23.8. The van der Waals surface area contributed by atoms with E-state index in [0.717, 1.165) is 33.1 Å². The van der Waals surface area contributed by atoms with Gasteiger partial charge in [0.2, 0.25) is 5.91 Å². The van der Waals surface area contributed by atoms with Gasteiger partial charge in [-0.1, -0.05) is 30.3 Å². The molecule has 4 rings (SSSR count). The van der Waals surface area contributed by atoms with Crippen LogP contribution in [0.4, 0.5) is 4.39 Å². The molecule has 5 nitrogen and oxygen atoms in total. The molecule has 0 aliphatic carbocycles. The van der Waals surface area contributed by atoms with E-state index in [9.17, 15) is 9.18 Å². The van der Waals surface area contributed by atoms with Gasteiger partial charge in [-0.2, -0.15) is 5.10 Å². The normalized spacial score (nSPS) is 12.5. The number of rotatable bonds is 6. The average molecular weight is 477 g/mol. The lowest BCUT2D eigenvalue weighted by Crippen LogP contribution is -2.31. The van der Waals surface area contributed by atoms with Crippen LogP contribution < -0.4 is 0 Å². The fourth-order valence-electron chi connectivity index (χ4n) is 3.86. The van der Waals surface area contributed by atoms with E-state index in [4.69, 9.17) is 4.98 Å². The Morgan fingerprint density at radius 1 is 1.12 bits per heavy atom. The Kier molecular flexibility index (Phi) is 6.66. The van der Waals surface area contributed by atoms with Gasteiger partial charge in [0.1, 0.15) is 10.8 Å². The molecule has 2 aromatic heterocycles. The quantitative estimate of drug-likeness (QED) is 0.327. The molecule has 0 fully saturated rings. The summed E-state index contributed by atoms with van der Waals surface area (Å²) in [6, 6.07) is 16.4. The molecule has 34 heavy (non-hydrogen) atoms. The predicted molar refractivity (Wildman–Crippen MR) is 135 cm³/mol. The summed E-state index contributed by atoms with van der Waals surface area (Å²) in [6.45, 7) is 8.25. The van der Waals surface area contributed by atoms with Crippen molar-refractivity contribution in [1.82, 2.24) is 19.7 Å². The fraction of sp³-hybridized carbons (Fsp3) is 0.296. The zero-order valence-electron chi connectivity index (χ0n) is 20.1. The maximum Gasteiger partial charge on any atom is 0.228 e. The van der Waals surface area contributed by atoms with Crippen LogP contribution in [0.25, 0.3) is 21.8 Å². The van der Waals surface area contributed by atoms with Crippen molar-refractivity contribution < 1.29 is 9.18 Å². The Hall–Kier alpha value is -3.32. The third-order valence-electron chi connectivity index (χ3n) is 5.89. The van der Waals surface area contributed by atoms with Gasteiger partial charge in [0.05, 0.1) is 41.1 Å². The van der Waals surface area contributed by atoms with Crippen molar-refractivity contribution in [2.45, 2.75) is 45.7 Å². The van der Waals surface area contributed by atoms with E-state index in [-0.39, 0.29) is 29.7 Å². The fourth-order valence-corrected chi connectivity index (χ4v) is 4.69. The molecule has 0 saturated heterocycles. The summed E-state index contributed by atoms with van der Waals surface area (Å²) in [7, 11) is 1.83. The number of aromatic nitrogens is 3. The van der Waals surface area contributed by atoms with Gasteiger partial charge in [0.15, 0.2) is 0 Å². The second-order valence-corrected chi connectivity index (χ2v) is 10.3. The van der Waals surface area contributed by atoms with Gasteiger partial charge in [0.25, 0.3) is 0 Å². The molecule has 7 heteroatoms. The van der Waals surface area contributed by atoms with E-state index in [0.29, 0.717) is 0 Å². The van der Waals surface area contributed by atoms with Gasteiger partial charge in [-0.15, -0.1) is 11.3 Å². The summed E-state index contributed by atoms with van der Waals surface area (Å²) in [4.78, 5) is 19.5. The lowest BCUT2D eigenvalue weighted by molar-refractivity contribution is -0.131. The van der Waals surface area contributed by atoms with Crippen LogP contribution in [-0.2, 0) is 16.8 Å². The van der Waals surface area contributed by atoms with Crippen molar-refractivity contribution in [1.29, 1.82) is 0 Å². The van der Waals surface area contributed by atoms with Gasteiger partial charge in [-0.05, 0) is 57.5 Å². The largest absolute Gasteiger partial charge is 0.339 e. The van der Waals surface area contributed by atoms with Gasteiger partial charge >= 0.3 is 0 Å². The van der Waals surface area contributed by atoms with Crippen molar-refractivity contribution in [2.24, 2.45) is 0 Å². The lowest BCUT2D eigenvalue weighted by atomic mass is 10.0. The van der Waals surface area contributed by atoms with E-state index in [2.05, 4.69) is 25.9 Å². The molecule has 1 atom stereocenters. The number of amides is 1. The second kappa shape index (κ2) is 9.50. The van der Waals surface area contributed by atoms with Crippen molar-refractivity contribution in [3.05, 3.63) is 83.2 Å². The zero-order valence-corrected chi connectivity index (χ0v) is 20.9. The Morgan fingerprint density at radius 3 is 2.44 bits per heavy atom. The highest BCUT2D eigenvalue weighted by Crippen LogP contribution is 2.37. The zero-order chi connectivity index (χ0) is 24.5. The number of carbonyl (C=O) groups is 1. The highest BCUT2D eigenvalue weighted by atomic mass is 32.1. The molecular formula is C27H29FN4OS. The second-order valence-electron chi connectivity index (χ2n) is 9.41. The van der Waals surface area contributed by atoms with Crippen molar-refractivity contribution in [3.63, 3.8) is 0 Å². The minimum atomic E-state index is -0.281. The topological polar surface area (TPSA) is 51.0 Å². The highest BCUT2D eigenvalue weighted by molar-refractivity contribution is 7.13. The van der Waals surface area contributed by atoms with Crippen LogP contribution in [-0.4, -0.2) is 32.6 Å². The Bertz CT molecular complexity index is 1270. The van der Waals surface area contributed by atoms with Crippen LogP contribution in [0.3, 0.4) is 0 Å². The molecule has 2 aromatic carbocycles. The Labute approximate surface area is 203 Å². The number of hydrogen-bond acceptors (Lipinski definition) is 4. The van der Waals surface area contributed by atoms with Crippen molar-refractivity contribution >= 4 is 17.2 Å². The van der Waals surface area contributed by atoms with E-state index in [1.54, 1.807) is 23.2 Å². The number of thiazole rings is 1. The van der Waals surface area contributed by atoms with Crippen LogP contribution in [0.2, 0.25) is 0 Å². The lowest BCUT2D eigenvalue weighted by Gasteiger charge is -2.25. The minimum absolute atomic E-state index is 0.0114. The molecule has 0 spiro atoms. The highest BCUT2D eigenvalue weighted by Gasteiger charge is 2.25. The smallest absolute Gasteiger partial charge is 0.228 e. The number of carbonyl (C=O) groups excluding carboxylic acids is 1. The first-order valence-electron chi connectivity index (χ1n) is 11.2.